The Balaban J connectivity index is 3.12. The maximum atomic E-state index is 13.6. The summed E-state index contributed by atoms with van der Waals surface area (Å²) in [7, 11) is 0. The van der Waals surface area contributed by atoms with Crippen LogP contribution in [0.4, 0.5) is 8.78 Å². The van der Waals surface area contributed by atoms with Crippen molar-refractivity contribution in [3.63, 3.8) is 0 Å². The van der Waals surface area contributed by atoms with E-state index in [-0.39, 0.29) is 12.2 Å². The summed E-state index contributed by atoms with van der Waals surface area (Å²) >= 11 is 0. The predicted molar refractivity (Wildman–Crippen MR) is 54.2 cm³/mol. The van der Waals surface area contributed by atoms with Crippen molar-refractivity contribution in [2.24, 2.45) is 0 Å². The molecular formula is C11H10F2O3. The number of halogens is 2. The molecule has 0 bridgehead atoms. The van der Waals surface area contributed by atoms with Crippen LogP contribution < -0.4 is 4.74 Å². The van der Waals surface area contributed by atoms with Crippen LogP contribution in [0.15, 0.2) is 18.2 Å². The fourth-order valence-corrected chi connectivity index (χ4v) is 1.11. The van der Waals surface area contributed by atoms with Gasteiger partial charge in [0.2, 0.25) is 0 Å². The monoisotopic (exact) mass is 228 g/mol. The predicted octanol–water partition coefficient (Wildman–Crippen LogP) is 2.46. The normalized spacial score (nSPS) is 10.7. The summed E-state index contributed by atoms with van der Waals surface area (Å²) in [4.78, 5) is 10.2. The highest BCUT2D eigenvalue weighted by molar-refractivity contribution is 5.85. The molecular weight excluding hydrogens is 218 g/mol. The SMILES string of the molecule is CCOc1c(F)ccc(/C=C/C(=O)O)c1F. The third-order valence-electron chi connectivity index (χ3n) is 1.77. The Morgan fingerprint density at radius 1 is 1.50 bits per heavy atom. The van der Waals surface area contributed by atoms with Gasteiger partial charge in [-0.15, -0.1) is 0 Å². The number of hydrogen-bond acceptors (Lipinski definition) is 2. The van der Waals surface area contributed by atoms with Gasteiger partial charge in [-0.3, -0.25) is 0 Å². The van der Waals surface area contributed by atoms with Crippen LogP contribution in [0.1, 0.15) is 12.5 Å². The van der Waals surface area contributed by atoms with E-state index in [1.165, 1.54) is 0 Å². The lowest BCUT2D eigenvalue weighted by molar-refractivity contribution is -0.131. The number of hydrogen-bond donors (Lipinski definition) is 1. The Bertz CT molecular complexity index is 427. The van der Waals surface area contributed by atoms with Gasteiger partial charge in [-0.05, 0) is 25.1 Å². The molecule has 0 radical (unpaired) electrons. The van der Waals surface area contributed by atoms with Gasteiger partial charge in [-0.2, -0.15) is 0 Å². The van der Waals surface area contributed by atoms with Gasteiger partial charge >= 0.3 is 5.97 Å². The van der Waals surface area contributed by atoms with Crippen molar-refractivity contribution < 1.29 is 23.4 Å². The van der Waals surface area contributed by atoms with Crippen molar-refractivity contribution in [3.05, 3.63) is 35.4 Å². The topological polar surface area (TPSA) is 46.5 Å². The Morgan fingerprint density at radius 3 is 2.75 bits per heavy atom. The third-order valence-corrected chi connectivity index (χ3v) is 1.77. The molecule has 1 aromatic carbocycles. The molecule has 5 heteroatoms. The molecule has 0 spiro atoms. The molecule has 0 aliphatic carbocycles. The van der Waals surface area contributed by atoms with Gasteiger partial charge in [0.1, 0.15) is 0 Å². The van der Waals surface area contributed by atoms with E-state index in [0.29, 0.717) is 0 Å². The molecule has 0 heterocycles. The van der Waals surface area contributed by atoms with Gasteiger partial charge in [-0.1, -0.05) is 0 Å². The molecule has 0 unspecified atom stereocenters. The highest BCUT2D eigenvalue weighted by Crippen LogP contribution is 2.25. The van der Waals surface area contributed by atoms with Crippen molar-refractivity contribution in [2.75, 3.05) is 6.61 Å². The molecule has 0 saturated carbocycles. The standard InChI is InChI=1S/C11H10F2O3/c1-2-16-11-8(12)5-3-7(10(11)13)4-6-9(14)15/h3-6H,2H2,1H3,(H,14,15)/b6-4+. The first-order valence-corrected chi connectivity index (χ1v) is 4.58. The zero-order valence-electron chi connectivity index (χ0n) is 8.54. The largest absolute Gasteiger partial charge is 0.488 e. The summed E-state index contributed by atoms with van der Waals surface area (Å²) < 4.78 is 31.5. The molecule has 1 rings (SSSR count). The zero-order valence-corrected chi connectivity index (χ0v) is 8.54. The van der Waals surface area contributed by atoms with E-state index in [9.17, 15) is 13.6 Å². The second-order valence-corrected chi connectivity index (χ2v) is 2.88. The van der Waals surface area contributed by atoms with Crippen molar-refractivity contribution in [2.45, 2.75) is 6.92 Å². The molecule has 1 N–H and O–H groups in total. The van der Waals surface area contributed by atoms with Crippen molar-refractivity contribution >= 4 is 12.0 Å². The molecule has 16 heavy (non-hydrogen) atoms. The highest BCUT2D eigenvalue weighted by atomic mass is 19.1. The number of rotatable bonds is 4. The van der Waals surface area contributed by atoms with Crippen LogP contribution in [-0.4, -0.2) is 17.7 Å². The molecule has 1 aromatic rings. The number of carboxylic acids is 1. The molecule has 0 aromatic heterocycles. The highest BCUT2D eigenvalue weighted by Gasteiger charge is 2.13. The van der Waals surface area contributed by atoms with Crippen LogP contribution in [-0.2, 0) is 4.79 Å². The first-order chi connectivity index (χ1) is 7.56. The summed E-state index contributed by atoms with van der Waals surface area (Å²) in [5, 5.41) is 8.38. The number of aliphatic carboxylic acids is 1. The average Bonchev–Trinajstić information content (AvgIpc) is 2.23. The Hall–Kier alpha value is -1.91. The van der Waals surface area contributed by atoms with E-state index in [0.717, 1.165) is 24.3 Å². The van der Waals surface area contributed by atoms with Crippen LogP contribution in [0.25, 0.3) is 6.08 Å². The summed E-state index contributed by atoms with van der Waals surface area (Å²) in [6, 6.07) is 2.17. The van der Waals surface area contributed by atoms with E-state index in [1.54, 1.807) is 6.92 Å². The van der Waals surface area contributed by atoms with Gasteiger partial charge in [0.05, 0.1) is 6.61 Å². The minimum absolute atomic E-state index is 0.0350. The molecule has 0 fully saturated rings. The quantitative estimate of drug-likeness (QED) is 0.805. The molecule has 0 atom stereocenters. The fourth-order valence-electron chi connectivity index (χ4n) is 1.11. The second-order valence-electron chi connectivity index (χ2n) is 2.88. The van der Waals surface area contributed by atoms with Crippen molar-refractivity contribution in [1.29, 1.82) is 0 Å². The average molecular weight is 228 g/mol. The van der Waals surface area contributed by atoms with Gasteiger partial charge in [0.25, 0.3) is 0 Å². The van der Waals surface area contributed by atoms with Crippen LogP contribution >= 0.6 is 0 Å². The molecule has 86 valence electrons. The first-order valence-electron chi connectivity index (χ1n) is 4.58. The number of carbonyl (C=O) groups is 1. The minimum atomic E-state index is -1.21. The second kappa shape index (κ2) is 5.25. The Labute approximate surface area is 91.0 Å². The van der Waals surface area contributed by atoms with Crippen molar-refractivity contribution in [3.8, 4) is 5.75 Å². The molecule has 0 aliphatic rings. The number of carboxylic acid groups (broad SMARTS) is 1. The van der Waals surface area contributed by atoms with E-state index < -0.39 is 23.4 Å². The summed E-state index contributed by atoms with van der Waals surface area (Å²) in [5.41, 5.74) is -0.0350. The van der Waals surface area contributed by atoms with E-state index in [1.807, 2.05) is 0 Å². The number of ether oxygens (including phenoxy) is 1. The summed E-state index contributed by atoms with van der Waals surface area (Å²) in [5.74, 6) is -3.41. The smallest absolute Gasteiger partial charge is 0.328 e. The lowest BCUT2D eigenvalue weighted by Crippen LogP contribution is -1.99. The molecule has 0 saturated heterocycles. The number of benzene rings is 1. The van der Waals surface area contributed by atoms with E-state index in [4.69, 9.17) is 9.84 Å². The van der Waals surface area contributed by atoms with Crippen LogP contribution in [0.5, 0.6) is 5.75 Å². The first kappa shape index (κ1) is 12.2. The molecule has 0 amide bonds. The Morgan fingerprint density at radius 2 is 2.19 bits per heavy atom. The summed E-state index contributed by atoms with van der Waals surface area (Å²) in [6.07, 6.45) is 1.81. The summed E-state index contributed by atoms with van der Waals surface area (Å²) in [6.45, 7) is 1.72. The van der Waals surface area contributed by atoms with Gasteiger partial charge < -0.3 is 9.84 Å². The van der Waals surface area contributed by atoms with Crippen LogP contribution in [0.2, 0.25) is 0 Å². The van der Waals surface area contributed by atoms with Crippen LogP contribution in [0, 0.1) is 11.6 Å². The van der Waals surface area contributed by atoms with Gasteiger partial charge in [0.15, 0.2) is 17.4 Å². The third kappa shape index (κ3) is 2.79. The Kier molecular flexibility index (Phi) is 3.99. The molecule has 3 nitrogen and oxygen atoms in total. The van der Waals surface area contributed by atoms with Crippen LogP contribution in [0.3, 0.4) is 0 Å². The van der Waals surface area contributed by atoms with Crippen molar-refractivity contribution in [1.82, 2.24) is 0 Å². The van der Waals surface area contributed by atoms with Gasteiger partial charge in [-0.25, -0.2) is 13.6 Å². The lowest BCUT2D eigenvalue weighted by atomic mass is 10.1. The van der Waals surface area contributed by atoms with Gasteiger partial charge in [0, 0.05) is 11.6 Å². The molecule has 0 aliphatic heterocycles. The minimum Gasteiger partial charge on any atom is -0.488 e. The maximum Gasteiger partial charge on any atom is 0.328 e. The zero-order chi connectivity index (χ0) is 12.1. The fraction of sp³-hybridized carbons (Fsp3) is 0.182. The van der Waals surface area contributed by atoms with E-state index >= 15 is 0 Å². The maximum absolute atomic E-state index is 13.6. The lowest BCUT2D eigenvalue weighted by Gasteiger charge is -2.07. The van der Waals surface area contributed by atoms with E-state index in [2.05, 4.69) is 0 Å².